The molecule has 2 aliphatic rings. The number of rotatable bonds is 5. The molecule has 0 bridgehead atoms. The molecule has 0 unspecified atom stereocenters. The van der Waals surface area contributed by atoms with E-state index >= 15 is 0 Å². The van der Waals surface area contributed by atoms with E-state index in [2.05, 4.69) is 20.1 Å². The van der Waals surface area contributed by atoms with Crippen LogP contribution in [-0.2, 0) is 10.9 Å². The normalized spacial score (nSPS) is 16.0. The van der Waals surface area contributed by atoms with Gasteiger partial charge in [-0.2, -0.15) is 18.3 Å². The molecule has 13 heteroatoms. The van der Waals surface area contributed by atoms with Crippen LogP contribution in [0.1, 0.15) is 41.9 Å². The van der Waals surface area contributed by atoms with Crippen LogP contribution in [0.15, 0.2) is 41.7 Å². The van der Waals surface area contributed by atoms with Crippen molar-refractivity contribution >= 4 is 23.8 Å². The zero-order chi connectivity index (χ0) is 28.2. The van der Waals surface area contributed by atoms with Crippen molar-refractivity contribution in [2.75, 3.05) is 45.3 Å². The summed E-state index contributed by atoms with van der Waals surface area (Å²) in [5.41, 5.74) is -1.51. The summed E-state index contributed by atoms with van der Waals surface area (Å²) in [6.45, 7) is 3.41. The Morgan fingerprint density at radius 1 is 1.18 bits per heavy atom. The highest BCUT2D eigenvalue weighted by Gasteiger charge is 2.32. The summed E-state index contributed by atoms with van der Waals surface area (Å²) >= 11 is 0. The van der Waals surface area contributed by atoms with Gasteiger partial charge in [0, 0.05) is 45.1 Å². The van der Waals surface area contributed by atoms with E-state index in [1.54, 1.807) is 30.8 Å². The van der Waals surface area contributed by atoms with Gasteiger partial charge < -0.3 is 14.5 Å². The fraction of sp³-hybridized carbons (Fsp3) is 0.423. The van der Waals surface area contributed by atoms with E-state index in [-0.39, 0.29) is 28.6 Å². The minimum atomic E-state index is -4.69. The number of aldehydes is 1. The molecule has 39 heavy (non-hydrogen) atoms. The standard InChI is InChI=1S/C20H21F4N5O2.C6H8N2/c1-12(28(2)3)25-18-16(11-30)26-19(29-6-8-31-9-7-29)27-17(18)14-5-4-13(10-15(14)21)20(22,23)24;1-4-7-8(5-1)6-2-3-6/h4-5,10-11H,6-9H2,1-3H3;1,4-6H,2-3H2. The first-order valence-corrected chi connectivity index (χ1v) is 12.4. The minimum Gasteiger partial charge on any atom is -0.378 e. The molecule has 3 heterocycles. The quantitative estimate of drug-likeness (QED) is 0.197. The van der Waals surface area contributed by atoms with Crippen LogP contribution in [0, 0.1) is 5.82 Å². The number of amidine groups is 1. The van der Waals surface area contributed by atoms with Crippen molar-refractivity contribution in [2.24, 2.45) is 4.99 Å². The number of carbonyl (C=O) groups is 1. The van der Waals surface area contributed by atoms with Gasteiger partial charge in [0.1, 0.15) is 28.7 Å². The Balaban J connectivity index is 0.000000371. The highest BCUT2D eigenvalue weighted by molar-refractivity contribution is 5.93. The van der Waals surface area contributed by atoms with Crippen LogP contribution in [0.25, 0.3) is 11.3 Å². The molecule has 1 saturated heterocycles. The Hall–Kier alpha value is -3.87. The second-order valence-electron chi connectivity index (χ2n) is 9.29. The Morgan fingerprint density at radius 3 is 2.44 bits per heavy atom. The molecule has 2 aromatic heterocycles. The molecule has 9 nitrogen and oxygen atoms in total. The molecule has 1 aromatic carbocycles. The van der Waals surface area contributed by atoms with Crippen molar-refractivity contribution in [1.29, 1.82) is 0 Å². The van der Waals surface area contributed by atoms with E-state index in [4.69, 9.17) is 4.74 Å². The number of nitrogens with zero attached hydrogens (tertiary/aromatic N) is 7. The summed E-state index contributed by atoms with van der Waals surface area (Å²) < 4.78 is 61.1. The van der Waals surface area contributed by atoms with E-state index in [1.807, 2.05) is 23.1 Å². The zero-order valence-corrected chi connectivity index (χ0v) is 21.8. The lowest BCUT2D eigenvalue weighted by Crippen LogP contribution is -2.37. The molecule has 1 saturated carbocycles. The Morgan fingerprint density at radius 2 is 1.90 bits per heavy atom. The van der Waals surface area contributed by atoms with Crippen LogP contribution in [-0.4, -0.2) is 77.2 Å². The predicted octanol–water partition coefficient (Wildman–Crippen LogP) is 4.78. The number of hydrogen-bond donors (Lipinski definition) is 0. The van der Waals surface area contributed by atoms with Crippen molar-refractivity contribution in [3.63, 3.8) is 0 Å². The van der Waals surface area contributed by atoms with Gasteiger partial charge in [-0.25, -0.2) is 19.4 Å². The number of hydrogen-bond acceptors (Lipinski definition) is 7. The summed E-state index contributed by atoms with van der Waals surface area (Å²) in [6, 6.07) is 4.87. The maximum absolute atomic E-state index is 14.8. The summed E-state index contributed by atoms with van der Waals surface area (Å²) in [5.74, 6) is -0.502. The van der Waals surface area contributed by atoms with Crippen molar-refractivity contribution < 1.29 is 27.1 Å². The Kier molecular flexibility index (Phi) is 8.58. The maximum Gasteiger partial charge on any atom is 0.416 e. The molecular formula is C26H29F4N7O2. The summed E-state index contributed by atoms with van der Waals surface area (Å²) in [4.78, 5) is 28.2. The van der Waals surface area contributed by atoms with Crippen LogP contribution in [0.2, 0.25) is 0 Å². The maximum atomic E-state index is 14.8. The predicted molar refractivity (Wildman–Crippen MR) is 138 cm³/mol. The third-order valence-corrected chi connectivity index (χ3v) is 6.22. The molecule has 0 atom stereocenters. The number of aliphatic imine (C=N–C) groups is 1. The van der Waals surface area contributed by atoms with Crippen LogP contribution in [0.4, 0.5) is 29.2 Å². The molecule has 0 radical (unpaired) electrons. The smallest absolute Gasteiger partial charge is 0.378 e. The molecule has 5 rings (SSSR count). The number of morpholine rings is 1. The second-order valence-corrected chi connectivity index (χ2v) is 9.29. The fourth-order valence-electron chi connectivity index (χ4n) is 3.73. The van der Waals surface area contributed by atoms with Gasteiger partial charge in [-0.1, -0.05) is 0 Å². The molecule has 1 aliphatic heterocycles. The van der Waals surface area contributed by atoms with Gasteiger partial charge in [0.2, 0.25) is 5.95 Å². The van der Waals surface area contributed by atoms with E-state index in [9.17, 15) is 22.4 Å². The summed E-state index contributed by atoms with van der Waals surface area (Å²) in [7, 11) is 3.45. The zero-order valence-electron chi connectivity index (χ0n) is 21.8. The van der Waals surface area contributed by atoms with E-state index in [0.29, 0.717) is 44.5 Å². The Labute approximate surface area is 223 Å². The first kappa shape index (κ1) is 28.1. The van der Waals surface area contributed by atoms with Crippen LogP contribution in [0.5, 0.6) is 0 Å². The average molecular weight is 548 g/mol. The topological polar surface area (TPSA) is 88.7 Å². The number of ether oxygens (including phenoxy) is 1. The third-order valence-electron chi connectivity index (χ3n) is 6.22. The largest absolute Gasteiger partial charge is 0.416 e. The van der Waals surface area contributed by atoms with E-state index < -0.39 is 17.6 Å². The van der Waals surface area contributed by atoms with Crippen molar-refractivity contribution in [3.05, 3.63) is 53.7 Å². The van der Waals surface area contributed by atoms with Crippen molar-refractivity contribution in [1.82, 2.24) is 24.6 Å². The third kappa shape index (κ3) is 6.96. The molecule has 3 aromatic rings. The lowest BCUT2D eigenvalue weighted by Gasteiger charge is -2.27. The number of anilines is 1. The van der Waals surface area contributed by atoms with Crippen LogP contribution in [0.3, 0.4) is 0 Å². The molecule has 208 valence electrons. The van der Waals surface area contributed by atoms with Gasteiger partial charge in [0.15, 0.2) is 6.29 Å². The first-order chi connectivity index (χ1) is 18.6. The summed E-state index contributed by atoms with van der Waals surface area (Å²) in [5, 5.41) is 4.09. The second kappa shape index (κ2) is 11.9. The number of aromatic nitrogens is 4. The van der Waals surface area contributed by atoms with Crippen LogP contribution >= 0.6 is 0 Å². The number of alkyl halides is 3. The van der Waals surface area contributed by atoms with E-state index in [0.717, 1.165) is 18.2 Å². The molecule has 2 fully saturated rings. The average Bonchev–Trinajstić information content (AvgIpc) is 3.62. The van der Waals surface area contributed by atoms with Gasteiger partial charge in [-0.3, -0.25) is 9.48 Å². The van der Waals surface area contributed by atoms with Gasteiger partial charge in [0.25, 0.3) is 0 Å². The van der Waals surface area contributed by atoms with Gasteiger partial charge in [-0.15, -0.1) is 0 Å². The number of carbonyl (C=O) groups excluding carboxylic acids is 1. The van der Waals surface area contributed by atoms with Crippen LogP contribution < -0.4 is 4.90 Å². The highest BCUT2D eigenvalue weighted by Crippen LogP contribution is 2.37. The number of halogens is 4. The molecule has 0 N–H and O–H groups in total. The Bertz CT molecular complexity index is 1320. The van der Waals surface area contributed by atoms with Crippen molar-refractivity contribution in [3.8, 4) is 11.3 Å². The molecule has 1 aliphatic carbocycles. The molecule has 0 amide bonds. The fourth-order valence-corrected chi connectivity index (χ4v) is 3.73. The van der Waals surface area contributed by atoms with Gasteiger partial charge >= 0.3 is 6.18 Å². The highest BCUT2D eigenvalue weighted by atomic mass is 19.4. The van der Waals surface area contributed by atoms with Gasteiger partial charge in [-0.05, 0) is 44.0 Å². The lowest BCUT2D eigenvalue weighted by atomic mass is 10.1. The SMILES string of the molecule is CC(=Nc1c(C=O)nc(N2CCOCC2)nc1-c1ccc(C(F)(F)F)cc1F)N(C)C.c1cnn(C2CC2)c1. The van der Waals surface area contributed by atoms with E-state index in [1.165, 1.54) is 12.8 Å². The summed E-state index contributed by atoms with van der Waals surface area (Å²) in [6.07, 6.45) is 2.28. The molecular weight excluding hydrogens is 518 g/mol. The minimum absolute atomic E-state index is 0.0168. The molecule has 0 spiro atoms. The van der Waals surface area contributed by atoms with Crippen molar-refractivity contribution in [2.45, 2.75) is 32.0 Å². The first-order valence-electron chi connectivity index (χ1n) is 12.4. The monoisotopic (exact) mass is 547 g/mol. The number of benzene rings is 1. The lowest BCUT2D eigenvalue weighted by molar-refractivity contribution is -0.137. The van der Waals surface area contributed by atoms with Gasteiger partial charge in [0.05, 0.1) is 24.8 Å².